The summed E-state index contributed by atoms with van der Waals surface area (Å²) in [7, 11) is 1.70. The molecule has 126 valence electrons. The van der Waals surface area contributed by atoms with Crippen molar-refractivity contribution in [1.82, 2.24) is 10.6 Å². The van der Waals surface area contributed by atoms with Crippen molar-refractivity contribution in [2.24, 2.45) is 4.99 Å². The Kier molecular flexibility index (Phi) is 10.8. The van der Waals surface area contributed by atoms with Crippen LogP contribution in [0.1, 0.15) is 24.1 Å². The Labute approximate surface area is 153 Å². The molecule has 1 aliphatic rings. The zero-order valence-electron chi connectivity index (χ0n) is 13.0. The summed E-state index contributed by atoms with van der Waals surface area (Å²) in [5.41, 5.74) is 0. The maximum atomic E-state index is 5.74. The monoisotopic (exact) mass is 439 g/mol. The second-order valence-corrected chi connectivity index (χ2v) is 6.07. The van der Waals surface area contributed by atoms with E-state index >= 15 is 0 Å². The lowest BCUT2D eigenvalue weighted by Gasteiger charge is -2.23. The number of hydrogen-bond acceptors (Lipinski definition) is 4. The predicted molar refractivity (Wildman–Crippen MR) is 102 cm³/mol. The second-order valence-electron chi connectivity index (χ2n) is 5.03. The highest BCUT2D eigenvalue weighted by atomic mass is 127. The summed E-state index contributed by atoms with van der Waals surface area (Å²) in [5, 5.41) is 8.73. The van der Waals surface area contributed by atoms with E-state index < -0.39 is 0 Å². The minimum atomic E-state index is 0. The summed E-state index contributed by atoms with van der Waals surface area (Å²) < 4.78 is 10.8. The van der Waals surface area contributed by atoms with E-state index in [1.807, 2.05) is 0 Å². The van der Waals surface area contributed by atoms with Gasteiger partial charge in [-0.3, -0.25) is 0 Å². The highest BCUT2D eigenvalue weighted by molar-refractivity contribution is 14.0. The summed E-state index contributed by atoms with van der Waals surface area (Å²) in [4.78, 5) is 5.88. The standard InChI is InChI=1S/C15H25N3O2S.HI/c1-19-9-7-16-15(18-12-14-6-4-10-21-14)17-11-13-5-2-3-8-20-13;/h4,6,10,13H,2-3,5,7-9,11-12H2,1H3,(H2,16,17,18);1H. The normalized spacial score (nSPS) is 18.6. The molecule has 22 heavy (non-hydrogen) atoms. The Hall–Kier alpha value is -0.380. The average Bonchev–Trinajstić information content (AvgIpc) is 3.04. The number of halogens is 1. The first-order valence-corrected chi connectivity index (χ1v) is 8.41. The molecule has 2 N–H and O–H groups in total. The molecule has 1 fully saturated rings. The van der Waals surface area contributed by atoms with E-state index in [0.717, 1.165) is 32.1 Å². The van der Waals surface area contributed by atoms with Crippen molar-refractivity contribution in [2.75, 3.05) is 33.4 Å². The fourth-order valence-corrected chi connectivity index (χ4v) is 2.81. The van der Waals surface area contributed by atoms with E-state index in [1.54, 1.807) is 18.4 Å². The van der Waals surface area contributed by atoms with Crippen LogP contribution < -0.4 is 10.6 Å². The fraction of sp³-hybridized carbons (Fsp3) is 0.667. The minimum Gasteiger partial charge on any atom is -0.383 e. The lowest BCUT2D eigenvalue weighted by molar-refractivity contribution is 0.0194. The Balaban J connectivity index is 0.00000242. The average molecular weight is 439 g/mol. The van der Waals surface area contributed by atoms with E-state index in [9.17, 15) is 0 Å². The van der Waals surface area contributed by atoms with Gasteiger partial charge in [-0.1, -0.05) is 6.07 Å². The van der Waals surface area contributed by atoms with Crippen LogP contribution in [0.3, 0.4) is 0 Å². The molecule has 1 aromatic rings. The Morgan fingerprint density at radius 3 is 3.05 bits per heavy atom. The van der Waals surface area contributed by atoms with Crippen molar-refractivity contribution in [1.29, 1.82) is 0 Å². The Morgan fingerprint density at radius 1 is 1.45 bits per heavy atom. The zero-order chi connectivity index (χ0) is 14.8. The second kappa shape index (κ2) is 12.1. The van der Waals surface area contributed by atoms with Gasteiger partial charge in [0.1, 0.15) is 0 Å². The van der Waals surface area contributed by atoms with Crippen molar-refractivity contribution >= 4 is 41.3 Å². The molecular weight excluding hydrogens is 413 g/mol. The molecule has 1 atom stereocenters. The first kappa shape index (κ1) is 19.7. The van der Waals surface area contributed by atoms with Crippen LogP contribution in [-0.4, -0.2) is 45.5 Å². The third kappa shape index (κ3) is 7.75. The predicted octanol–water partition coefficient (Wildman–Crippen LogP) is 2.62. The molecule has 1 saturated heterocycles. The molecule has 1 aromatic heterocycles. The van der Waals surface area contributed by atoms with E-state index in [1.165, 1.54) is 17.7 Å². The highest BCUT2D eigenvalue weighted by Crippen LogP contribution is 2.12. The minimum absolute atomic E-state index is 0. The van der Waals surface area contributed by atoms with Crippen LogP contribution in [0.4, 0.5) is 0 Å². The molecule has 2 heterocycles. The smallest absolute Gasteiger partial charge is 0.191 e. The molecule has 0 bridgehead atoms. The maximum Gasteiger partial charge on any atom is 0.191 e. The number of nitrogens with zero attached hydrogens (tertiary/aromatic N) is 1. The molecule has 0 spiro atoms. The number of nitrogens with one attached hydrogen (secondary N) is 2. The van der Waals surface area contributed by atoms with E-state index in [-0.39, 0.29) is 24.0 Å². The number of guanidine groups is 1. The zero-order valence-corrected chi connectivity index (χ0v) is 16.2. The summed E-state index contributed by atoms with van der Waals surface area (Å²) >= 11 is 1.73. The number of thiophene rings is 1. The molecule has 1 aliphatic heterocycles. The molecule has 7 heteroatoms. The van der Waals surface area contributed by atoms with Crippen LogP contribution in [0, 0.1) is 0 Å². The van der Waals surface area contributed by atoms with E-state index in [4.69, 9.17) is 9.47 Å². The van der Waals surface area contributed by atoms with Crippen molar-refractivity contribution < 1.29 is 9.47 Å². The van der Waals surface area contributed by atoms with Crippen molar-refractivity contribution in [3.63, 3.8) is 0 Å². The lowest BCUT2D eigenvalue weighted by atomic mass is 10.1. The molecular formula is C15H26IN3O2S. The third-order valence-corrected chi connectivity index (χ3v) is 4.20. The number of hydrogen-bond donors (Lipinski definition) is 2. The van der Waals surface area contributed by atoms with Gasteiger partial charge in [0.05, 0.1) is 19.3 Å². The van der Waals surface area contributed by atoms with Gasteiger partial charge in [0.25, 0.3) is 0 Å². The van der Waals surface area contributed by atoms with Gasteiger partial charge < -0.3 is 20.1 Å². The van der Waals surface area contributed by atoms with Crippen LogP contribution in [0.2, 0.25) is 0 Å². The van der Waals surface area contributed by atoms with Gasteiger partial charge in [-0.15, -0.1) is 35.3 Å². The van der Waals surface area contributed by atoms with Crippen LogP contribution >= 0.6 is 35.3 Å². The quantitative estimate of drug-likeness (QED) is 0.297. The Bertz CT molecular complexity index is 409. The topological polar surface area (TPSA) is 54.9 Å². The summed E-state index contributed by atoms with van der Waals surface area (Å²) in [6, 6.07) is 4.15. The molecule has 0 radical (unpaired) electrons. The third-order valence-electron chi connectivity index (χ3n) is 3.34. The van der Waals surface area contributed by atoms with Crippen molar-refractivity contribution in [3.05, 3.63) is 22.4 Å². The van der Waals surface area contributed by atoms with Crippen LogP contribution in [-0.2, 0) is 16.0 Å². The van der Waals surface area contributed by atoms with Gasteiger partial charge in [-0.2, -0.15) is 0 Å². The summed E-state index contributed by atoms with van der Waals surface area (Å²) in [5.74, 6) is 0.828. The number of aliphatic imine (C=N–C) groups is 1. The van der Waals surface area contributed by atoms with Gasteiger partial charge >= 0.3 is 0 Å². The van der Waals surface area contributed by atoms with E-state index in [2.05, 4.69) is 33.1 Å². The van der Waals surface area contributed by atoms with Gasteiger partial charge in [0.2, 0.25) is 0 Å². The molecule has 5 nitrogen and oxygen atoms in total. The molecule has 0 amide bonds. The molecule has 0 saturated carbocycles. The first-order valence-electron chi connectivity index (χ1n) is 7.53. The van der Waals surface area contributed by atoms with Gasteiger partial charge in [0, 0.05) is 31.7 Å². The van der Waals surface area contributed by atoms with E-state index in [0.29, 0.717) is 19.3 Å². The van der Waals surface area contributed by atoms with Crippen LogP contribution in [0.25, 0.3) is 0 Å². The lowest BCUT2D eigenvalue weighted by Crippen LogP contribution is -2.43. The highest BCUT2D eigenvalue weighted by Gasteiger charge is 2.13. The maximum absolute atomic E-state index is 5.74. The van der Waals surface area contributed by atoms with Crippen LogP contribution in [0.5, 0.6) is 0 Å². The number of methoxy groups -OCH3 is 1. The largest absolute Gasteiger partial charge is 0.383 e. The van der Waals surface area contributed by atoms with Crippen molar-refractivity contribution in [2.45, 2.75) is 31.9 Å². The Morgan fingerprint density at radius 2 is 2.36 bits per heavy atom. The molecule has 1 unspecified atom stereocenters. The van der Waals surface area contributed by atoms with Gasteiger partial charge in [0.15, 0.2) is 5.96 Å². The van der Waals surface area contributed by atoms with Crippen molar-refractivity contribution in [3.8, 4) is 0 Å². The number of rotatable bonds is 7. The SMILES string of the molecule is COCCNC(=NCc1cccs1)NCC1CCCCO1.I. The fourth-order valence-electron chi connectivity index (χ4n) is 2.18. The van der Waals surface area contributed by atoms with Gasteiger partial charge in [-0.25, -0.2) is 4.99 Å². The summed E-state index contributed by atoms with van der Waals surface area (Å²) in [6.07, 6.45) is 3.87. The summed E-state index contributed by atoms with van der Waals surface area (Å²) in [6.45, 7) is 3.80. The molecule has 0 aromatic carbocycles. The first-order chi connectivity index (χ1) is 10.4. The molecule has 2 rings (SSSR count). The number of ether oxygens (including phenoxy) is 2. The van der Waals surface area contributed by atoms with Gasteiger partial charge in [-0.05, 0) is 30.7 Å². The van der Waals surface area contributed by atoms with Crippen LogP contribution in [0.15, 0.2) is 22.5 Å². The molecule has 0 aliphatic carbocycles.